The molecule has 0 unspecified atom stereocenters. The van der Waals surface area contributed by atoms with Crippen LogP contribution >= 0.6 is 11.3 Å². The Morgan fingerprint density at radius 1 is 1.12 bits per heavy atom. The third-order valence-corrected chi connectivity index (χ3v) is 3.93. The number of rotatable bonds is 7. The molecule has 0 fully saturated rings. The third-order valence-electron chi connectivity index (χ3n) is 3.18. The highest BCUT2D eigenvalue weighted by molar-refractivity contribution is 7.08. The lowest BCUT2D eigenvalue weighted by atomic mass is 10.2. The number of carbonyl (C=O) groups excluding carboxylic acids is 3. The van der Waals surface area contributed by atoms with Crippen LogP contribution in [0.2, 0.25) is 0 Å². The molecule has 0 radical (unpaired) electrons. The SMILES string of the molecule is NC(=O)c1cscc1C(=O)NC[C@H](O)CNC(=O)c1cccc(=O)[nH]1. The van der Waals surface area contributed by atoms with Gasteiger partial charge in [0, 0.05) is 29.9 Å². The number of nitrogens with one attached hydrogen (secondary N) is 3. The number of hydrogen-bond donors (Lipinski definition) is 5. The molecular weight excluding hydrogens is 348 g/mol. The molecule has 0 saturated heterocycles. The Morgan fingerprint density at radius 3 is 2.40 bits per heavy atom. The van der Waals surface area contributed by atoms with Gasteiger partial charge in [-0.05, 0) is 6.07 Å². The van der Waals surface area contributed by atoms with Gasteiger partial charge >= 0.3 is 0 Å². The Labute approximate surface area is 145 Å². The molecular formula is C15H16N4O5S. The van der Waals surface area contributed by atoms with Crippen molar-refractivity contribution in [3.05, 3.63) is 56.1 Å². The smallest absolute Gasteiger partial charge is 0.267 e. The van der Waals surface area contributed by atoms with Crippen LogP contribution in [-0.4, -0.2) is 47.0 Å². The topological polar surface area (TPSA) is 154 Å². The lowest BCUT2D eigenvalue weighted by Crippen LogP contribution is -2.40. The fourth-order valence-electron chi connectivity index (χ4n) is 1.93. The minimum Gasteiger partial charge on any atom is -0.389 e. The van der Waals surface area contributed by atoms with E-state index in [2.05, 4.69) is 15.6 Å². The van der Waals surface area contributed by atoms with Crippen molar-refractivity contribution in [2.24, 2.45) is 5.73 Å². The molecule has 6 N–H and O–H groups in total. The highest BCUT2D eigenvalue weighted by Gasteiger charge is 2.17. The first-order valence-corrected chi connectivity index (χ1v) is 8.12. The molecule has 0 saturated carbocycles. The average Bonchev–Trinajstić information content (AvgIpc) is 3.07. The molecule has 2 aromatic heterocycles. The molecule has 2 heterocycles. The number of amides is 3. The molecule has 1 atom stereocenters. The standard InChI is InChI=1S/C15H16N4O5S/c16-13(22)9-6-25-7-10(9)14(23)17-4-8(20)5-18-15(24)11-2-1-3-12(21)19-11/h1-3,6-8,20H,4-5H2,(H2,16,22)(H,17,23)(H,18,24)(H,19,21)/t8-/m0/s1. The van der Waals surface area contributed by atoms with Gasteiger partial charge < -0.3 is 26.5 Å². The molecule has 0 spiro atoms. The van der Waals surface area contributed by atoms with E-state index in [9.17, 15) is 24.3 Å². The zero-order valence-corrected chi connectivity index (χ0v) is 13.8. The van der Waals surface area contributed by atoms with Crippen LogP contribution in [0.5, 0.6) is 0 Å². The van der Waals surface area contributed by atoms with Gasteiger partial charge in [0.1, 0.15) is 5.69 Å². The Morgan fingerprint density at radius 2 is 1.76 bits per heavy atom. The van der Waals surface area contributed by atoms with Gasteiger partial charge in [0.2, 0.25) is 11.5 Å². The zero-order chi connectivity index (χ0) is 18.4. The van der Waals surface area contributed by atoms with Crippen molar-refractivity contribution in [1.29, 1.82) is 0 Å². The van der Waals surface area contributed by atoms with Crippen molar-refractivity contribution in [2.45, 2.75) is 6.10 Å². The van der Waals surface area contributed by atoms with Crippen molar-refractivity contribution < 1.29 is 19.5 Å². The number of carbonyl (C=O) groups is 3. The summed E-state index contributed by atoms with van der Waals surface area (Å²) in [5, 5.41) is 17.7. The molecule has 0 aromatic carbocycles. The van der Waals surface area contributed by atoms with Gasteiger partial charge in [0.05, 0.1) is 17.2 Å². The van der Waals surface area contributed by atoms with E-state index >= 15 is 0 Å². The van der Waals surface area contributed by atoms with Crippen LogP contribution in [0.1, 0.15) is 31.2 Å². The van der Waals surface area contributed by atoms with E-state index in [0.29, 0.717) is 0 Å². The quantitative estimate of drug-likeness (QED) is 0.429. The predicted molar refractivity (Wildman–Crippen MR) is 90.6 cm³/mol. The number of aromatic nitrogens is 1. The molecule has 2 rings (SSSR count). The van der Waals surface area contributed by atoms with Crippen LogP contribution in [-0.2, 0) is 0 Å². The van der Waals surface area contributed by atoms with Gasteiger partial charge in [0.25, 0.3) is 11.8 Å². The van der Waals surface area contributed by atoms with E-state index in [1.807, 2.05) is 0 Å². The Bertz CT molecular complexity index is 844. The summed E-state index contributed by atoms with van der Waals surface area (Å²) >= 11 is 1.16. The van der Waals surface area contributed by atoms with Crippen molar-refractivity contribution in [2.75, 3.05) is 13.1 Å². The zero-order valence-electron chi connectivity index (χ0n) is 12.9. The second-order valence-electron chi connectivity index (χ2n) is 5.07. The van der Waals surface area contributed by atoms with Crippen LogP contribution in [0.25, 0.3) is 0 Å². The van der Waals surface area contributed by atoms with Gasteiger partial charge in [-0.15, -0.1) is 0 Å². The molecule has 0 aliphatic carbocycles. The van der Waals surface area contributed by atoms with Crippen molar-refractivity contribution >= 4 is 29.1 Å². The van der Waals surface area contributed by atoms with Crippen LogP contribution in [0.4, 0.5) is 0 Å². The summed E-state index contributed by atoms with van der Waals surface area (Å²) in [4.78, 5) is 48.5. The van der Waals surface area contributed by atoms with Gasteiger partial charge in [-0.2, -0.15) is 11.3 Å². The summed E-state index contributed by atoms with van der Waals surface area (Å²) in [6.07, 6.45) is -1.06. The number of hydrogen-bond acceptors (Lipinski definition) is 6. The Balaban J connectivity index is 1.82. The molecule has 0 aliphatic heterocycles. The van der Waals surface area contributed by atoms with Gasteiger partial charge in [-0.3, -0.25) is 19.2 Å². The van der Waals surface area contributed by atoms with E-state index in [1.54, 1.807) is 0 Å². The number of H-pyrrole nitrogens is 1. The first-order valence-electron chi connectivity index (χ1n) is 7.18. The number of aliphatic hydroxyl groups excluding tert-OH is 1. The summed E-state index contributed by atoms with van der Waals surface area (Å²) in [5.41, 5.74) is 5.06. The van der Waals surface area contributed by atoms with Gasteiger partial charge in [0.15, 0.2) is 0 Å². The summed E-state index contributed by atoms with van der Waals surface area (Å²) in [5.74, 6) is -1.82. The lowest BCUT2D eigenvalue weighted by molar-refractivity contribution is 0.0876. The summed E-state index contributed by atoms with van der Waals surface area (Å²) < 4.78 is 0. The molecule has 9 nitrogen and oxygen atoms in total. The van der Waals surface area contributed by atoms with Crippen molar-refractivity contribution in [1.82, 2.24) is 15.6 Å². The van der Waals surface area contributed by atoms with Crippen molar-refractivity contribution in [3.63, 3.8) is 0 Å². The number of primary amides is 1. The molecule has 2 aromatic rings. The highest BCUT2D eigenvalue weighted by Crippen LogP contribution is 2.14. The average molecular weight is 364 g/mol. The maximum absolute atomic E-state index is 12.0. The van der Waals surface area contributed by atoms with Crippen LogP contribution in [0.15, 0.2) is 33.8 Å². The first-order chi connectivity index (χ1) is 11.9. The Hall–Kier alpha value is -2.98. The molecule has 3 amide bonds. The molecule has 10 heteroatoms. The van der Waals surface area contributed by atoms with Crippen LogP contribution < -0.4 is 21.9 Å². The molecule has 25 heavy (non-hydrogen) atoms. The summed E-state index contributed by atoms with van der Waals surface area (Å²) in [6, 6.07) is 4.13. The van der Waals surface area contributed by atoms with Crippen molar-refractivity contribution in [3.8, 4) is 0 Å². The van der Waals surface area contributed by atoms with Crippen LogP contribution in [0, 0.1) is 0 Å². The molecule has 0 bridgehead atoms. The number of pyridine rings is 1. The maximum atomic E-state index is 12.0. The lowest BCUT2D eigenvalue weighted by Gasteiger charge is -2.13. The number of thiophene rings is 1. The van der Waals surface area contributed by atoms with Gasteiger partial charge in [-0.1, -0.05) is 6.07 Å². The maximum Gasteiger partial charge on any atom is 0.267 e. The van der Waals surface area contributed by atoms with E-state index < -0.39 is 29.4 Å². The number of nitrogens with two attached hydrogens (primary N) is 1. The molecule has 0 aliphatic rings. The monoisotopic (exact) mass is 364 g/mol. The van der Waals surface area contributed by atoms with E-state index in [4.69, 9.17) is 5.73 Å². The van der Waals surface area contributed by atoms with E-state index in [0.717, 1.165) is 11.3 Å². The Kier molecular flexibility index (Phi) is 6.03. The second kappa shape index (κ2) is 8.22. The largest absolute Gasteiger partial charge is 0.389 e. The minimum atomic E-state index is -1.06. The summed E-state index contributed by atoms with van der Waals surface area (Å²) in [6.45, 7) is -0.277. The first kappa shape index (κ1) is 18.4. The summed E-state index contributed by atoms with van der Waals surface area (Å²) in [7, 11) is 0. The van der Waals surface area contributed by atoms with E-state index in [1.165, 1.54) is 29.0 Å². The van der Waals surface area contributed by atoms with E-state index in [-0.39, 0.29) is 29.9 Å². The van der Waals surface area contributed by atoms with Crippen LogP contribution in [0.3, 0.4) is 0 Å². The minimum absolute atomic E-state index is 0.0631. The fraction of sp³-hybridized carbons (Fsp3) is 0.200. The fourth-order valence-corrected chi connectivity index (χ4v) is 2.74. The predicted octanol–water partition coefficient (Wildman–Crippen LogP) is -0.944. The number of aromatic amines is 1. The second-order valence-corrected chi connectivity index (χ2v) is 5.81. The molecule has 132 valence electrons. The highest BCUT2D eigenvalue weighted by atomic mass is 32.1. The van der Waals surface area contributed by atoms with Gasteiger partial charge in [-0.25, -0.2) is 0 Å². The third kappa shape index (κ3) is 4.99. The normalized spacial score (nSPS) is 11.6. The number of aliphatic hydroxyl groups is 1.